The second-order valence-corrected chi connectivity index (χ2v) is 8.53. The van der Waals surface area contributed by atoms with Crippen molar-refractivity contribution in [2.45, 2.75) is 4.90 Å². The highest BCUT2D eigenvalue weighted by Crippen LogP contribution is 2.29. The first-order valence-electron chi connectivity index (χ1n) is 9.14. The van der Waals surface area contributed by atoms with Crippen molar-refractivity contribution in [2.75, 3.05) is 7.05 Å². The van der Waals surface area contributed by atoms with E-state index in [9.17, 15) is 21.6 Å². The van der Waals surface area contributed by atoms with Crippen LogP contribution >= 0.6 is 0 Å². The Bertz CT molecular complexity index is 1430. The maximum absolute atomic E-state index is 13.8. The molecule has 0 aliphatic carbocycles. The largest absolute Gasteiger partial charge is 0.338 e. The zero-order chi connectivity index (χ0) is 22.2. The van der Waals surface area contributed by atoms with E-state index >= 15 is 0 Å². The quantitative estimate of drug-likeness (QED) is 0.438. The topological polar surface area (TPSA) is 74.8 Å². The number of sulfonamides is 1. The van der Waals surface area contributed by atoms with Gasteiger partial charge in [-0.05, 0) is 49.0 Å². The molecule has 1 heterocycles. The molecule has 0 fully saturated rings. The van der Waals surface area contributed by atoms with Gasteiger partial charge in [0.25, 0.3) is 0 Å². The molecule has 0 radical (unpaired) electrons. The number of aromatic amines is 1. The highest BCUT2D eigenvalue weighted by molar-refractivity contribution is 7.89. The number of hydrogen-bond donors (Lipinski definition) is 2. The first kappa shape index (κ1) is 20.8. The molecule has 0 bridgehead atoms. The highest BCUT2D eigenvalue weighted by atomic mass is 32.2. The monoisotopic (exact) mass is 443 g/mol. The van der Waals surface area contributed by atoms with Crippen molar-refractivity contribution in [2.24, 2.45) is 0 Å². The molecule has 5 nitrogen and oxygen atoms in total. The molecule has 4 aromatic rings. The molecule has 0 aliphatic rings. The van der Waals surface area contributed by atoms with Crippen molar-refractivity contribution >= 4 is 33.2 Å². The van der Waals surface area contributed by atoms with Gasteiger partial charge in [-0.25, -0.2) is 31.3 Å². The molecule has 0 spiro atoms. The van der Waals surface area contributed by atoms with Gasteiger partial charge in [0.15, 0.2) is 11.6 Å². The molecule has 1 aromatic heterocycles. The standard InChI is InChI=1S/C22H16F3N3O2S/c1-26-31(29,30)21-5-3-2-4-15(21)13-6-8-19-20(11-13)28-22(27-19)9-7-14-10-17(24)18(25)12-16(14)23/h2-12,26H,1H3,(H,27,28)/b9-7+. The van der Waals surface area contributed by atoms with Crippen LogP contribution in [0.3, 0.4) is 0 Å². The Morgan fingerprint density at radius 2 is 1.68 bits per heavy atom. The van der Waals surface area contributed by atoms with E-state index in [1.807, 2.05) is 0 Å². The van der Waals surface area contributed by atoms with Crippen LogP contribution in [0.15, 0.2) is 59.5 Å². The Labute approximate surface area is 176 Å². The first-order valence-corrected chi connectivity index (χ1v) is 10.6. The van der Waals surface area contributed by atoms with Gasteiger partial charge in [-0.1, -0.05) is 24.3 Å². The second kappa shape index (κ2) is 8.01. The number of fused-ring (bicyclic) bond motifs is 1. The van der Waals surface area contributed by atoms with Gasteiger partial charge in [-0.15, -0.1) is 0 Å². The summed E-state index contributed by atoms with van der Waals surface area (Å²) in [5.41, 5.74) is 2.27. The average molecular weight is 443 g/mol. The maximum atomic E-state index is 13.8. The third-order valence-electron chi connectivity index (χ3n) is 4.72. The second-order valence-electron chi connectivity index (χ2n) is 6.68. The van der Waals surface area contributed by atoms with Crippen LogP contribution in [0.1, 0.15) is 11.4 Å². The summed E-state index contributed by atoms with van der Waals surface area (Å²) < 4.78 is 67.2. The normalized spacial score (nSPS) is 12.1. The minimum atomic E-state index is -3.66. The Morgan fingerprint density at radius 1 is 0.935 bits per heavy atom. The van der Waals surface area contributed by atoms with E-state index in [-0.39, 0.29) is 10.5 Å². The predicted molar refractivity (Wildman–Crippen MR) is 113 cm³/mol. The van der Waals surface area contributed by atoms with Gasteiger partial charge in [0.2, 0.25) is 10.0 Å². The first-order chi connectivity index (χ1) is 14.8. The highest BCUT2D eigenvalue weighted by Gasteiger charge is 2.17. The van der Waals surface area contributed by atoms with Crippen LogP contribution < -0.4 is 4.72 Å². The van der Waals surface area contributed by atoms with Gasteiger partial charge in [-0.3, -0.25) is 0 Å². The summed E-state index contributed by atoms with van der Waals surface area (Å²) in [6.45, 7) is 0. The van der Waals surface area contributed by atoms with Gasteiger partial charge in [0, 0.05) is 17.2 Å². The van der Waals surface area contributed by atoms with Crippen molar-refractivity contribution < 1.29 is 21.6 Å². The molecule has 0 saturated heterocycles. The predicted octanol–water partition coefficient (Wildman–Crippen LogP) is 4.73. The Balaban J connectivity index is 1.72. The van der Waals surface area contributed by atoms with Crippen LogP contribution in [-0.2, 0) is 10.0 Å². The maximum Gasteiger partial charge on any atom is 0.240 e. The van der Waals surface area contributed by atoms with E-state index < -0.39 is 27.5 Å². The van der Waals surface area contributed by atoms with Gasteiger partial charge in [0.05, 0.1) is 15.9 Å². The van der Waals surface area contributed by atoms with Crippen LogP contribution in [-0.4, -0.2) is 25.4 Å². The molecule has 31 heavy (non-hydrogen) atoms. The number of nitrogens with zero attached hydrogens (tertiary/aromatic N) is 1. The number of H-pyrrole nitrogens is 1. The van der Waals surface area contributed by atoms with E-state index in [1.165, 1.54) is 25.3 Å². The summed E-state index contributed by atoms with van der Waals surface area (Å²) in [5, 5.41) is 0. The lowest BCUT2D eigenvalue weighted by Crippen LogP contribution is -2.19. The van der Waals surface area contributed by atoms with E-state index in [1.54, 1.807) is 36.4 Å². The van der Waals surface area contributed by atoms with Crippen LogP contribution in [0.2, 0.25) is 0 Å². The van der Waals surface area contributed by atoms with Crippen molar-refractivity contribution in [1.29, 1.82) is 0 Å². The molecule has 158 valence electrons. The molecule has 2 N–H and O–H groups in total. The number of halogens is 3. The van der Waals surface area contributed by atoms with E-state index in [0.29, 0.717) is 34.1 Å². The summed E-state index contributed by atoms with van der Waals surface area (Å²) in [6, 6.07) is 13.1. The van der Waals surface area contributed by atoms with Crippen molar-refractivity contribution in [3.63, 3.8) is 0 Å². The summed E-state index contributed by atoms with van der Waals surface area (Å²) >= 11 is 0. The van der Waals surface area contributed by atoms with E-state index in [2.05, 4.69) is 14.7 Å². The summed E-state index contributed by atoms with van der Waals surface area (Å²) in [6.07, 6.45) is 2.72. The summed E-state index contributed by atoms with van der Waals surface area (Å²) in [5.74, 6) is -2.93. The zero-order valence-electron chi connectivity index (χ0n) is 16.2. The lowest BCUT2D eigenvalue weighted by Gasteiger charge is -2.09. The zero-order valence-corrected chi connectivity index (χ0v) is 17.0. The number of hydrogen-bond acceptors (Lipinski definition) is 3. The molecule has 9 heteroatoms. The van der Waals surface area contributed by atoms with Gasteiger partial charge in [0.1, 0.15) is 11.6 Å². The molecule has 3 aromatic carbocycles. The number of rotatable bonds is 5. The molecule has 0 amide bonds. The molecular weight excluding hydrogens is 427 g/mol. The molecule has 4 rings (SSSR count). The minimum absolute atomic E-state index is 0.119. The average Bonchev–Trinajstić information content (AvgIpc) is 3.17. The molecule has 0 aliphatic heterocycles. The van der Waals surface area contributed by atoms with Crippen LogP contribution in [0.4, 0.5) is 13.2 Å². The van der Waals surface area contributed by atoms with Gasteiger partial charge in [-0.2, -0.15) is 0 Å². The van der Waals surface area contributed by atoms with Crippen LogP contribution in [0, 0.1) is 17.5 Å². The number of aromatic nitrogens is 2. The Hall–Kier alpha value is -3.43. The van der Waals surface area contributed by atoms with Crippen LogP contribution in [0.25, 0.3) is 34.3 Å². The summed E-state index contributed by atoms with van der Waals surface area (Å²) in [7, 11) is -2.31. The number of nitrogens with one attached hydrogen (secondary N) is 2. The third-order valence-corrected chi connectivity index (χ3v) is 6.19. The number of imidazole rings is 1. The minimum Gasteiger partial charge on any atom is -0.338 e. The smallest absolute Gasteiger partial charge is 0.240 e. The van der Waals surface area contributed by atoms with Crippen molar-refractivity contribution in [3.05, 3.63) is 83.4 Å². The van der Waals surface area contributed by atoms with Crippen LogP contribution in [0.5, 0.6) is 0 Å². The van der Waals surface area contributed by atoms with Crippen molar-refractivity contribution in [1.82, 2.24) is 14.7 Å². The summed E-state index contributed by atoms with van der Waals surface area (Å²) in [4.78, 5) is 7.57. The van der Waals surface area contributed by atoms with Crippen molar-refractivity contribution in [3.8, 4) is 11.1 Å². The fourth-order valence-corrected chi connectivity index (χ4v) is 4.11. The molecular formula is C22H16F3N3O2S. The Morgan fingerprint density at radius 3 is 2.45 bits per heavy atom. The SMILES string of the molecule is CNS(=O)(=O)c1ccccc1-c1ccc2[nH]c(/C=C/c3cc(F)c(F)cc3F)nc2c1. The Kier molecular flexibility index (Phi) is 5.38. The lowest BCUT2D eigenvalue weighted by atomic mass is 10.1. The van der Waals surface area contributed by atoms with E-state index in [0.717, 1.165) is 6.07 Å². The van der Waals surface area contributed by atoms with E-state index in [4.69, 9.17) is 0 Å². The fourth-order valence-electron chi connectivity index (χ4n) is 3.16. The van der Waals surface area contributed by atoms with Gasteiger partial charge < -0.3 is 4.98 Å². The third kappa shape index (κ3) is 4.10. The molecule has 0 unspecified atom stereocenters. The molecule has 0 saturated carbocycles. The molecule has 0 atom stereocenters. The lowest BCUT2D eigenvalue weighted by molar-refractivity contribution is 0.494. The van der Waals surface area contributed by atoms with Gasteiger partial charge >= 0.3 is 0 Å². The number of benzene rings is 3. The fraction of sp³-hybridized carbons (Fsp3) is 0.0455.